The van der Waals surface area contributed by atoms with Crippen molar-refractivity contribution in [3.8, 4) is 11.3 Å². The van der Waals surface area contributed by atoms with Crippen LogP contribution in [-0.2, 0) is 17.7 Å². The zero-order valence-electron chi connectivity index (χ0n) is 14.2. The number of ether oxygens (including phenoxy) is 1. The van der Waals surface area contributed by atoms with E-state index < -0.39 is 11.6 Å². The average Bonchev–Trinajstić information content (AvgIpc) is 3.23. The lowest BCUT2D eigenvalue weighted by Gasteiger charge is -2.21. The molecule has 0 aliphatic carbocycles. The van der Waals surface area contributed by atoms with Crippen molar-refractivity contribution in [3.63, 3.8) is 0 Å². The molecule has 7 heteroatoms. The van der Waals surface area contributed by atoms with E-state index in [0.29, 0.717) is 30.2 Å². The predicted molar refractivity (Wildman–Crippen MR) is 91.8 cm³/mol. The molecule has 5 nitrogen and oxygen atoms in total. The Morgan fingerprint density at radius 2 is 1.92 bits per heavy atom. The van der Waals surface area contributed by atoms with Crippen LogP contribution in [0, 0.1) is 11.6 Å². The van der Waals surface area contributed by atoms with E-state index in [4.69, 9.17) is 14.7 Å². The summed E-state index contributed by atoms with van der Waals surface area (Å²) in [6.45, 7) is 2.22. The van der Waals surface area contributed by atoms with Crippen molar-refractivity contribution in [1.29, 1.82) is 0 Å². The summed E-state index contributed by atoms with van der Waals surface area (Å²) >= 11 is 0. The molecule has 0 N–H and O–H groups in total. The van der Waals surface area contributed by atoms with Crippen LogP contribution >= 0.6 is 0 Å². The predicted octanol–water partition coefficient (Wildman–Crippen LogP) is 3.61. The van der Waals surface area contributed by atoms with Gasteiger partial charge in [0.05, 0.1) is 0 Å². The van der Waals surface area contributed by atoms with E-state index in [1.165, 1.54) is 12.1 Å². The molecule has 4 heterocycles. The van der Waals surface area contributed by atoms with Gasteiger partial charge in [0, 0.05) is 43.7 Å². The van der Waals surface area contributed by atoms with Gasteiger partial charge in [-0.25, -0.2) is 23.7 Å². The number of hydrogen-bond acceptors (Lipinski definition) is 4. The van der Waals surface area contributed by atoms with Crippen molar-refractivity contribution in [3.05, 3.63) is 41.5 Å². The number of imidazole rings is 1. The first-order chi connectivity index (χ1) is 12.7. The smallest absolute Gasteiger partial charge is 0.164 e. The zero-order chi connectivity index (χ0) is 17.7. The number of hydrogen-bond donors (Lipinski definition) is 0. The Bertz CT molecular complexity index is 995. The van der Waals surface area contributed by atoms with Gasteiger partial charge in [0.2, 0.25) is 0 Å². The van der Waals surface area contributed by atoms with E-state index in [2.05, 4.69) is 9.55 Å². The molecule has 0 saturated carbocycles. The van der Waals surface area contributed by atoms with Crippen LogP contribution < -0.4 is 0 Å². The van der Waals surface area contributed by atoms with Crippen LogP contribution in [0.3, 0.4) is 0 Å². The van der Waals surface area contributed by atoms with Crippen LogP contribution in [0.2, 0.25) is 0 Å². The standard InChI is InChI=1S/C19H18F2N4O/c20-12-3-4-13(14(21)10-12)16-17-19(25-7-1-2-15(25)22-17)24-18(23-16)11-5-8-26-9-6-11/h3-4,10-11H,1-2,5-9H2. The number of halogens is 2. The number of aromatic nitrogens is 4. The van der Waals surface area contributed by atoms with E-state index in [1.54, 1.807) is 0 Å². The zero-order valence-corrected chi connectivity index (χ0v) is 14.2. The maximum absolute atomic E-state index is 14.5. The molecule has 0 atom stereocenters. The lowest BCUT2D eigenvalue weighted by Crippen LogP contribution is -2.17. The van der Waals surface area contributed by atoms with Crippen molar-refractivity contribution in [2.24, 2.45) is 0 Å². The third-order valence-electron chi connectivity index (χ3n) is 5.25. The fraction of sp³-hybridized carbons (Fsp3) is 0.421. The summed E-state index contributed by atoms with van der Waals surface area (Å²) in [6.07, 6.45) is 3.61. The molecule has 1 fully saturated rings. The summed E-state index contributed by atoms with van der Waals surface area (Å²) in [7, 11) is 0. The summed E-state index contributed by atoms with van der Waals surface area (Å²) in [4.78, 5) is 14.2. The number of fused-ring (bicyclic) bond motifs is 3. The van der Waals surface area contributed by atoms with E-state index in [9.17, 15) is 8.78 Å². The van der Waals surface area contributed by atoms with Gasteiger partial charge in [-0.05, 0) is 31.4 Å². The van der Waals surface area contributed by atoms with Crippen molar-refractivity contribution in [2.45, 2.75) is 38.1 Å². The second kappa shape index (κ2) is 6.09. The molecule has 0 radical (unpaired) electrons. The summed E-state index contributed by atoms with van der Waals surface area (Å²) in [5, 5.41) is 0. The third kappa shape index (κ3) is 2.49. The Morgan fingerprint density at radius 3 is 2.73 bits per heavy atom. The Hall–Kier alpha value is -2.41. The molecule has 1 aromatic carbocycles. The monoisotopic (exact) mass is 356 g/mol. The first-order valence-corrected chi connectivity index (χ1v) is 9.01. The van der Waals surface area contributed by atoms with Crippen molar-refractivity contribution >= 4 is 11.2 Å². The maximum atomic E-state index is 14.5. The molecule has 2 aromatic heterocycles. The second-order valence-corrected chi connectivity index (χ2v) is 6.90. The van der Waals surface area contributed by atoms with Crippen LogP contribution in [0.4, 0.5) is 8.78 Å². The highest BCUT2D eigenvalue weighted by Crippen LogP contribution is 2.34. The third-order valence-corrected chi connectivity index (χ3v) is 5.25. The van der Waals surface area contributed by atoms with Crippen LogP contribution in [0.5, 0.6) is 0 Å². The minimum absolute atomic E-state index is 0.183. The Balaban J connectivity index is 1.75. The van der Waals surface area contributed by atoms with Crippen molar-refractivity contribution < 1.29 is 13.5 Å². The normalized spacial score (nSPS) is 17.8. The summed E-state index contributed by atoms with van der Waals surface area (Å²) in [5.74, 6) is 0.615. The summed E-state index contributed by atoms with van der Waals surface area (Å²) < 4.78 is 35.4. The highest BCUT2D eigenvalue weighted by molar-refractivity contribution is 5.88. The lowest BCUT2D eigenvalue weighted by atomic mass is 9.99. The van der Waals surface area contributed by atoms with Gasteiger partial charge in [0.15, 0.2) is 5.65 Å². The molecule has 2 aliphatic rings. The van der Waals surface area contributed by atoms with Gasteiger partial charge in [0.1, 0.15) is 34.5 Å². The number of nitrogens with zero attached hydrogens (tertiary/aromatic N) is 4. The Morgan fingerprint density at radius 1 is 1.08 bits per heavy atom. The van der Waals surface area contributed by atoms with Gasteiger partial charge in [-0.1, -0.05) is 0 Å². The van der Waals surface area contributed by atoms with Crippen LogP contribution in [0.15, 0.2) is 18.2 Å². The van der Waals surface area contributed by atoms with Gasteiger partial charge < -0.3 is 9.30 Å². The number of benzene rings is 1. The highest BCUT2D eigenvalue weighted by Gasteiger charge is 2.26. The van der Waals surface area contributed by atoms with Crippen LogP contribution in [-0.4, -0.2) is 32.7 Å². The summed E-state index contributed by atoms with van der Waals surface area (Å²) in [5.41, 5.74) is 2.08. The fourth-order valence-corrected chi connectivity index (χ4v) is 3.89. The molecule has 2 aliphatic heterocycles. The van der Waals surface area contributed by atoms with Gasteiger partial charge in [-0.15, -0.1) is 0 Å². The minimum atomic E-state index is -0.629. The van der Waals surface area contributed by atoms with Crippen LogP contribution in [0.1, 0.15) is 36.8 Å². The first-order valence-electron chi connectivity index (χ1n) is 9.01. The molecule has 1 saturated heterocycles. The molecule has 0 spiro atoms. The highest BCUT2D eigenvalue weighted by atomic mass is 19.1. The Kier molecular flexibility index (Phi) is 3.70. The number of aryl methyl sites for hydroxylation is 2. The number of rotatable bonds is 2. The van der Waals surface area contributed by atoms with Gasteiger partial charge in [-0.2, -0.15) is 0 Å². The molecular formula is C19H18F2N4O. The largest absolute Gasteiger partial charge is 0.381 e. The van der Waals surface area contributed by atoms with E-state index in [-0.39, 0.29) is 11.5 Å². The van der Waals surface area contributed by atoms with E-state index >= 15 is 0 Å². The second-order valence-electron chi connectivity index (χ2n) is 6.90. The molecule has 0 unspecified atom stereocenters. The first kappa shape index (κ1) is 15.8. The van der Waals surface area contributed by atoms with Gasteiger partial charge >= 0.3 is 0 Å². The van der Waals surface area contributed by atoms with Crippen LogP contribution in [0.25, 0.3) is 22.4 Å². The van der Waals surface area contributed by atoms with Gasteiger partial charge in [0.25, 0.3) is 0 Å². The quantitative estimate of drug-likeness (QED) is 0.704. The molecule has 3 aromatic rings. The maximum Gasteiger partial charge on any atom is 0.164 e. The molecule has 5 rings (SSSR count). The summed E-state index contributed by atoms with van der Waals surface area (Å²) in [6, 6.07) is 3.58. The van der Waals surface area contributed by atoms with E-state index in [1.807, 2.05) is 0 Å². The SMILES string of the molecule is Fc1ccc(-c2nc(C3CCOCC3)nc3c2nc2n3CCC2)c(F)c1. The van der Waals surface area contributed by atoms with Crippen molar-refractivity contribution in [1.82, 2.24) is 19.5 Å². The van der Waals surface area contributed by atoms with E-state index in [0.717, 1.165) is 49.8 Å². The molecule has 26 heavy (non-hydrogen) atoms. The Labute approximate surface area is 149 Å². The van der Waals surface area contributed by atoms with Gasteiger partial charge in [-0.3, -0.25) is 0 Å². The lowest BCUT2D eigenvalue weighted by molar-refractivity contribution is 0.0836. The van der Waals surface area contributed by atoms with Crippen molar-refractivity contribution in [2.75, 3.05) is 13.2 Å². The average molecular weight is 356 g/mol. The molecule has 0 bridgehead atoms. The topological polar surface area (TPSA) is 52.8 Å². The molecule has 134 valence electrons. The molecular weight excluding hydrogens is 338 g/mol. The molecule has 0 amide bonds. The fourth-order valence-electron chi connectivity index (χ4n) is 3.89. The minimum Gasteiger partial charge on any atom is -0.381 e.